The van der Waals surface area contributed by atoms with Crippen LogP contribution in [0.2, 0.25) is 0 Å². The van der Waals surface area contributed by atoms with Crippen molar-refractivity contribution in [1.29, 1.82) is 0 Å². The van der Waals surface area contributed by atoms with Gasteiger partial charge in [-0.25, -0.2) is 29.1 Å². The highest BCUT2D eigenvalue weighted by molar-refractivity contribution is 6.07. The Labute approximate surface area is 483 Å². The van der Waals surface area contributed by atoms with E-state index in [0.717, 1.165) is 49.4 Å². The van der Waals surface area contributed by atoms with Crippen LogP contribution in [0.3, 0.4) is 0 Å². The van der Waals surface area contributed by atoms with Gasteiger partial charge in [0.25, 0.3) is 5.91 Å². The van der Waals surface area contributed by atoms with Gasteiger partial charge in [0.05, 0.1) is 12.0 Å². The number of hydrogen-bond acceptors (Lipinski definition) is 10. The number of amides is 6. The van der Waals surface area contributed by atoms with Crippen LogP contribution in [0.5, 0.6) is 0 Å². The third-order valence-electron chi connectivity index (χ3n) is 14.0. The summed E-state index contributed by atoms with van der Waals surface area (Å²) in [6, 6.07) is 54.2. The number of ether oxygens (including phenoxy) is 3. The first-order valence-corrected chi connectivity index (χ1v) is 28.0. The molecule has 6 aromatic rings. The number of Topliss-reactive ketones (excluding diaryl/α,β-unsaturated/α-hetero) is 1. The van der Waals surface area contributed by atoms with Crippen molar-refractivity contribution in [3.05, 3.63) is 193 Å². The summed E-state index contributed by atoms with van der Waals surface area (Å²) in [6.45, 7) is 21.3. The third kappa shape index (κ3) is 16.8. The summed E-state index contributed by atoms with van der Waals surface area (Å²) in [5, 5.41) is 0. The summed E-state index contributed by atoms with van der Waals surface area (Å²) < 4.78 is 16.2. The van der Waals surface area contributed by atoms with E-state index >= 15 is 0 Å². The Balaban J connectivity index is 0.000000177. The van der Waals surface area contributed by atoms with Gasteiger partial charge in [-0.05, 0) is 158 Å². The summed E-state index contributed by atoms with van der Waals surface area (Å²) in [5.74, 6) is -1.94. The molecule has 3 aliphatic rings. The van der Waals surface area contributed by atoms with Crippen LogP contribution in [0.1, 0.15) is 112 Å². The molecule has 1 unspecified atom stereocenters. The lowest BCUT2D eigenvalue weighted by Gasteiger charge is -2.27. The number of carbonyl (C=O) groups is 7. The maximum atomic E-state index is 12.7. The number of nitrogens with zero attached hydrogens (tertiary/aromatic N) is 3. The van der Waals surface area contributed by atoms with Crippen molar-refractivity contribution in [3.63, 3.8) is 0 Å². The molecule has 0 N–H and O–H groups in total. The van der Waals surface area contributed by atoms with Crippen LogP contribution in [-0.2, 0) is 52.7 Å². The Morgan fingerprint density at radius 2 is 0.780 bits per heavy atom. The number of imide groups is 3. The van der Waals surface area contributed by atoms with E-state index in [-0.39, 0.29) is 29.7 Å². The fourth-order valence-corrected chi connectivity index (χ4v) is 10.1. The van der Waals surface area contributed by atoms with Crippen molar-refractivity contribution in [3.8, 4) is 33.4 Å². The average molecular weight is 1110 g/mol. The summed E-state index contributed by atoms with van der Waals surface area (Å²) in [7, 11) is 0. The topological polar surface area (TPSA) is 157 Å². The molecule has 3 fully saturated rings. The van der Waals surface area contributed by atoms with E-state index in [1.807, 2.05) is 124 Å². The van der Waals surface area contributed by atoms with Gasteiger partial charge < -0.3 is 14.2 Å². The SMILES string of the molecule is C=C1C[C@@H](Cc2ccc(-c3ccccc3)cc2)N(C(=O)OC(C)(C)C)C1=O.CC(=O)C1C[C@@H](Cc2ccc(-c3ccccc3)cc2)N(C(=O)OC(C)(C)C)C1=O.CC(C)(C)OC(=O)N1C(=O)CC[C@H]1Cc1ccc(-c2ccccc2)cc1. The zero-order chi connectivity index (χ0) is 59.5. The molecular formula is C69H77N3O10. The highest BCUT2D eigenvalue weighted by Crippen LogP contribution is 2.33. The van der Waals surface area contributed by atoms with E-state index < -0.39 is 52.9 Å². The van der Waals surface area contributed by atoms with Gasteiger partial charge in [-0.3, -0.25) is 19.2 Å². The zero-order valence-corrected chi connectivity index (χ0v) is 49.0. The minimum absolute atomic E-state index is 0.139. The molecule has 3 aliphatic heterocycles. The van der Waals surface area contributed by atoms with Gasteiger partial charge in [-0.15, -0.1) is 0 Å². The standard InChI is InChI=1S/C24H27NO4.C23H25NO3.C22H25NO3/c1-16(26)21-15-20(25(22(21)27)23(28)29-24(2,3)4)14-17-10-12-19(13-11-17)18-8-6-5-7-9-18;1-16-14-20(24(21(16)25)22(26)27-23(2,3)4)15-17-10-12-19(13-11-17)18-8-6-5-7-9-18;1-22(2,3)26-21(25)23-19(13-14-20(23)24)15-16-9-11-18(12-10-16)17-7-5-4-6-8-17/h5-13,20-21H,14-15H2,1-4H3;5-13,20H,1,14-15H2,2-4H3;4-12,19H,13-15H2,1-3H3/t20-,21?;20-;19-/m100/s1. The molecule has 0 aliphatic carbocycles. The maximum Gasteiger partial charge on any atom is 0.417 e. The minimum Gasteiger partial charge on any atom is -0.443 e. The van der Waals surface area contributed by atoms with Crippen LogP contribution in [0, 0.1) is 5.92 Å². The van der Waals surface area contributed by atoms with E-state index in [1.165, 1.54) is 22.3 Å². The molecule has 13 heteroatoms. The van der Waals surface area contributed by atoms with Gasteiger partial charge in [0.1, 0.15) is 22.6 Å². The van der Waals surface area contributed by atoms with E-state index in [2.05, 4.69) is 67.2 Å². The van der Waals surface area contributed by atoms with Gasteiger partial charge >= 0.3 is 18.3 Å². The molecule has 6 amide bonds. The Bertz CT molecular complexity index is 3210. The number of benzene rings is 6. The van der Waals surface area contributed by atoms with Gasteiger partial charge in [0.2, 0.25) is 11.8 Å². The van der Waals surface area contributed by atoms with Gasteiger partial charge in [-0.1, -0.05) is 170 Å². The predicted octanol–water partition coefficient (Wildman–Crippen LogP) is 14.4. The van der Waals surface area contributed by atoms with E-state index in [4.69, 9.17) is 14.2 Å². The lowest BCUT2D eigenvalue weighted by molar-refractivity contribution is -0.136. The molecular weight excluding hydrogens is 1030 g/mol. The molecule has 6 aromatic carbocycles. The Hall–Kier alpha value is -8.45. The second-order valence-electron chi connectivity index (χ2n) is 24.1. The first-order chi connectivity index (χ1) is 38.7. The van der Waals surface area contributed by atoms with Crippen LogP contribution in [0.4, 0.5) is 14.4 Å². The molecule has 0 radical (unpaired) electrons. The van der Waals surface area contributed by atoms with E-state index in [1.54, 1.807) is 41.5 Å². The molecule has 4 atom stereocenters. The van der Waals surface area contributed by atoms with Crippen molar-refractivity contribution in [2.24, 2.45) is 5.92 Å². The first-order valence-electron chi connectivity index (χ1n) is 28.0. The fourth-order valence-electron chi connectivity index (χ4n) is 10.1. The van der Waals surface area contributed by atoms with Crippen molar-refractivity contribution in [2.75, 3.05) is 0 Å². The molecule has 9 rings (SSSR count). The number of hydrogen-bond donors (Lipinski definition) is 0. The minimum atomic E-state index is -0.781. The molecule has 3 saturated heterocycles. The average Bonchev–Trinajstić information content (AvgIpc) is 4.18. The number of rotatable bonds is 10. The molecule has 0 bridgehead atoms. The highest BCUT2D eigenvalue weighted by Gasteiger charge is 2.47. The Morgan fingerprint density at radius 3 is 1.15 bits per heavy atom. The van der Waals surface area contributed by atoms with Crippen LogP contribution < -0.4 is 0 Å². The van der Waals surface area contributed by atoms with Crippen molar-refractivity contribution < 1.29 is 47.8 Å². The van der Waals surface area contributed by atoms with Crippen LogP contribution in [0.15, 0.2) is 176 Å². The monoisotopic (exact) mass is 1110 g/mol. The van der Waals surface area contributed by atoms with Gasteiger partial charge in [0.15, 0.2) is 0 Å². The quantitative estimate of drug-likeness (QED) is 0.0735. The number of carbonyl (C=O) groups excluding carboxylic acids is 7. The third-order valence-corrected chi connectivity index (χ3v) is 14.0. The smallest absolute Gasteiger partial charge is 0.417 e. The van der Waals surface area contributed by atoms with Crippen molar-refractivity contribution >= 4 is 41.8 Å². The fraction of sp³-hybridized carbons (Fsp3) is 0.348. The second-order valence-corrected chi connectivity index (χ2v) is 24.1. The molecule has 428 valence electrons. The van der Waals surface area contributed by atoms with Crippen molar-refractivity contribution in [1.82, 2.24) is 14.7 Å². The highest BCUT2D eigenvalue weighted by atomic mass is 16.6. The molecule has 3 heterocycles. The van der Waals surface area contributed by atoms with E-state index in [9.17, 15) is 33.6 Å². The molecule has 0 aromatic heterocycles. The summed E-state index contributed by atoms with van der Waals surface area (Å²) in [5.41, 5.74) is 8.49. The molecule has 13 nitrogen and oxygen atoms in total. The number of likely N-dealkylation sites (tertiary alicyclic amines) is 3. The zero-order valence-electron chi connectivity index (χ0n) is 49.0. The Kier molecular flexibility index (Phi) is 19.7. The van der Waals surface area contributed by atoms with Gasteiger partial charge in [-0.2, -0.15) is 0 Å². The van der Waals surface area contributed by atoms with Crippen LogP contribution >= 0.6 is 0 Å². The lowest BCUT2D eigenvalue weighted by Crippen LogP contribution is -2.43. The van der Waals surface area contributed by atoms with Crippen molar-refractivity contribution in [2.45, 2.75) is 149 Å². The van der Waals surface area contributed by atoms with E-state index in [0.29, 0.717) is 50.5 Å². The van der Waals surface area contributed by atoms with Crippen LogP contribution in [-0.4, -0.2) is 91.4 Å². The number of ketones is 1. The first kappa shape index (κ1) is 61.2. The predicted molar refractivity (Wildman–Crippen MR) is 319 cm³/mol. The molecule has 0 saturated carbocycles. The second kappa shape index (κ2) is 26.4. The largest absolute Gasteiger partial charge is 0.443 e. The lowest BCUT2D eigenvalue weighted by atomic mass is 9.96. The normalized spacial score (nSPS) is 18.0. The molecule has 0 spiro atoms. The van der Waals surface area contributed by atoms with Gasteiger partial charge in [0, 0.05) is 24.1 Å². The summed E-state index contributed by atoms with van der Waals surface area (Å²) in [4.78, 5) is 90.4. The Morgan fingerprint density at radius 1 is 0.451 bits per heavy atom. The molecule has 82 heavy (non-hydrogen) atoms. The summed E-state index contributed by atoms with van der Waals surface area (Å²) >= 11 is 0. The maximum absolute atomic E-state index is 12.7. The summed E-state index contributed by atoms with van der Waals surface area (Å²) in [6.07, 6.45) is 1.78. The van der Waals surface area contributed by atoms with Crippen LogP contribution in [0.25, 0.3) is 33.4 Å².